The highest BCUT2D eigenvalue weighted by Gasteiger charge is 2.29. The van der Waals surface area contributed by atoms with Gasteiger partial charge in [0.15, 0.2) is 11.6 Å². The van der Waals surface area contributed by atoms with Crippen molar-refractivity contribution in [2.45, 2.75) is 59.3 Å². The van der Waals surface area contributed by atoms with Gasteiger partial charge < -0.3 is 19.7 Å². The van der Waals surface area contributed by atoms with Crippen LogP contribution in [0.3, 0.4) is 0 Å². The summed E-state index contributed by atoms with van der Waals surface area (Å²) in [4.78, 5) is 5.42. The molecular formula is C37H43FN4O3S. The van der Waals surface area contributed by atoms with E-state index in [9.17, 15) is 19.1 Å². The molecule has 4 aromatic rings. The molecule has 0 bridgehead atoms. The Balaban J connectivity index is 1.28. The van der Waals surface area contributed by atoms with Crippen molar-refractivity contribution in [1.29, 1.82) is 5.41 Å². The standard InChI is InChI=1S/C37H43FN4O3S/c1-22-6-9-35(31(38)17-22)45-28-7-8-34(25(4)19-28)42-15-10-23(2)16-30(37(42)39)36(43)33-20-27-18-24(3)29(21-32(27)40-33)26-11-13-41(14-12-26)46(5)44/h6-9,17-21,23,26,39-40,43H,10-16H2,1-5H3. The lowest BCUT2D eigenvalue weighted by atomic mass is 9.87. The summed E-state index contributed by atoms with van der Waals surface area (Å²) in [7, 11) is -0.934. The first kappa shape index (κ1) is 32.0. The number of benzene rings is 3. The van der Waals surface area contributed by atoms with E-state index in [0.717, 1.165) is 60.1 Å². The minimum absolute atomic E-state index is 0.102. The molecule has 1 aromatic heterocycles. The zero-order valence-electron chi connectivity index (χ0n) is 27.2. The lowest BCUT2D eigenvalue weighted by Crippen LogP contribution is -2.34. The number of hydrogen-bond donors (Lipinski definition) is 3. The third-order valence-corrected chi connectivity index (χ3v) is 10.6. The maximum absolute atomic E-state index is 14.4. The maximum atomic E-state index is 14.4. The van der Waals surface area contributed by atoms with Crippen molar-refractivity contribution in [1.82, 2.24) is 9.29 Å². The van der Waals surface area contributed by atoms with E-state index in [0.29, 0.717) is 35.9 Å². The van der Waals surface area contributed by atoms with Crippen LogP contribution < -0.4 is 9.64 Å². The highest BCUT2D eigenvalue weighted by molar-refractivity contribution is 7.81. The Labute approximate surface area is 273 Å². The zero-order valence-corrected chi connectivity index (χ0v) is 28.1. The minimum Gasteiger partial charge on any atom is -0.505 e. The van der Waals surface area contributed by atoms with Crippen molar-refractivity contribution in [2.24, 2.45) is 5.92 Å². The topological polar surface area (TPSA) is 92.7 Å². The maximum Gasteiger partial charge on any atom is 0.165 e. The minimum atomic E-state index is -0.934. The number of H-pyrrole nitrogens is 1. The zero-order chi connectivity index (χ0) is 32.7. The first-order valence-electron chi connectivity index (χ1n) is 16.0. The second-order valence-electron chi connectivity index (χ2n) is 13.0. The van der Waals surface area contributed by atoms with Crippen LogP contribution >= 0.6 is 0 Å². The van der Waals surface area contributed by atoms with Gasteiger partial charge in [-0.05, 0) is 129 Å². The molecule has 46 heavy (non-hydrogen) atoms. The van der Waals surface area contributed by atoms with Crippen LogP contribution in [0.2, 0.25) is 0 Å². The largest absolute Gasteiger partial charge is 0.505 e. The lowest BCUT2D eigenvalue weighted by Gasteiger charge is -2.31. The van der Waals surface area contributed by atoms with Crippen molar-refractivity contribution in [3.63, 3.8) is 0 Å². The number of hydrogen-bond acceptors (Lipinski definition) is 4. The molecule has 2 fully saturated rings. The van der Waals surface area contributed by atoms with Crippen molar-refractivity contribution < 1.29 is 18.4 Å². The van der Waals surface area contributed by atoms with Crippen LogP contribution in [0.4, 0.5) is 10.1 Å². The van der Waals surface area contributed by atoms with Crippen LogP contribution in [0.5, 0.6) is 11.5 Å². The summed E-state index contributed by atoms with van der Waals surface area (Å²) >= 11 is 0. The fourth-order valence-electron chi connectivity index (χ4n) is 6.90. The number of nitrogens with one attached hydrogen (secondary N) is 2. The molecule has 9 heteroatoms. The van der Waals surface area contributed by atoms with Crippen LogP contribution in [0, 0.1) is 37.9 Å². The summed E-state index contributed by atoms with van der Waals surface area (Å²) in [5.41, 5.74) is 7.27. The van der Waals surface area contributed by atoms with E-state index in [1.807, 2.05) is 47.3 Å². The summed E-state index contributed by atoms with van der Waals surface area (Å²) in [5, 5.41) is 22.0. The van der Waals surface area contributed by atoms with E-state index < -0.39 is 16.8 Å². The number of halogens is 1. The van der Waals surface area contributed by atoms with Gasteiger partial charge in [-0.15, -0.1) is 0 Å². The number of anilines is 1. The number of aryl methyl sites for hydroxylation is 3. The van der Waals surface area contributed by atoms with Gasteiger partial charge >= 0.3 is 0 Å². The Kier molecular flexibility index (Phi) is 9.08. The molecule has 2 atom stereocenters. The second-order valence-corrected chi connectivity index (χ2v) is 14.4. The first-order valence-corrected chi connectivity index (χ1v) is 17.5. The average molecular weight is 643 g/mol. The predicted octanol–water partition coefficient (Wildman–Crippen LogP) is 8.68. The summed E-state index contributed by atoms with van der Waals surface area (Å²) in [6.07, 6.45) is 5.14. The molecule has 3 aromatic carbocycles. The van der Waals surface area contributed by atoms with Crippen LogP contribution in [0.1, 0.15) is 66.5 Å². The van der Waals surface area contributed by atoms with Gasteiger partial charge in [-0.2, -0.15) is 0 Å². The van der Waals surface area contributed by atoms with Gasteiger partial charge in [0.25, 0.3) is 0 Å². The molecule has 242 valence electrons. The fourth-order valence-corrected chi connectivity index (χ4v) is 7.62. The number of aliphatic hydroxyl groups is 1. The number of piperidine rings is 1. The average Bonchev–Trinajstić information content (AvgIpc) is 3.37. The lowest BCUT2D eigenvalue weighted by molar-refractivity contribution is 0.335. The number of aromatic amines is 1. The first-order chi connectivity index (χ1) is 22.0. The molecule has 2 aliphatic rings. The molecule has 2 aliphatic heterocycles. The summed E-state index contributed by atoms with van der Waals surface area (Å²) < 4.78 is 34.2. The van der Waals surface area contributed by atoms with Gasteiger partial charge in [0.05, 0.1) is 16.7 Å². The fraction of sp³-hybridized carbons (Fsp3) is 0.378. The quantitative estimate of drug-likeness (QED) is 0.184. The Bertz CT molecular complexity index is 1860. The molecular weight excluding hydrogens is 599 g/mol. The van der Waals surface area contributed by atoms with E-state index in [-0.39, 0.29) is 23.3 Å². The Morgan fingerprint density at radius 3 is 2.46 bits per heavy atom. The van der Waals surface area contributed by atoms with Crippen LogP contribution in [0.25, 0.3) is 16.7 Å². The molecule has 0 radical (unpaired) electrons. The Morgan fingerprint density at radius 2 is 1.76 bits per heavy atom. The SMILES string of the molecule is Cc1ccc(Oc2ccc(N3CCC(C)CC(=C(O)c4cc5cc(C)c(C6CCN(S(C)=O)CC6)cc5[nH]4)C3=N)c(C)c2)c(F)c1. The molecule has 0 amide bonds. The number of fused-ring (bicyclic) bond motifs is 1. The number of amidine groups is 1. The molecule has 0 saturated carbocycles. The van der Waals surface area contributed by atoms with E-state index in [1.165, 1.54) is 17.2 Å². The normalized spacial score (nSPS) is 20.2. The van der Waals surface area contributed by atoms with E-state index in [4.69, 9.17) is 4.74 Å². The summed E-state index contributed by atoms with van der Waals surface area (Å²) in [5.74, 6) is 1.35. The third kappa shape index (κ3) is 6.48. The molecule has 2 saturated heterocycles. The molecule has 7 nitrogen and oxygen atoms in total. The number of ether oxygens (including phenoxy) is 1. The van der Waals surface area contributed by atoms with E-state index in [2.05, 4.69) is 31.0 Å². The number of aliphatic hydroxyl groups excluding tert-OH is 1. The van der Waals surface area contributed by atoms with Crippen molar-refractivity contribution in [3.05, 3.63) is 93.9 Å². The van der Waals surface area contributed by atoms with Gasteiger partial charge in [0.1, 0.15) is 17.3 Å². The molecule has 3 N–H and O–H groups in total. The van der Waals surface area contributed by atoms with Crippen LogP contribution in [-0.4, -0.2) is 50.3 Å². The van der Waals surface area contributed by atoms with Gasteiger partial charge in [-0.3, -0.25) is 5.41 Å². The smallest absolute Gasteiger partial charge is 0.165 e. The highest BCUT2D eigenvalue weighted by atomic mass is 32.2. The number of rotatable bonds is 6. The summed E-state index contributed by atoms with van der Waals surface area (Å²) in [6, 6.07) is 16.8. The van der Waals surface area contributed by atoms with E-state index in [1.54, 1.807) is 18.4 Å². The summed E-state index contributed by atoms with van der Waals surface area (Å²) in [6.45, 7) is 10.4. The van der Waals surface area contributed by atoms with Gasteiger partial charge in [0.2, 0.25) is 0 Å². The van der Waals surface area contributed by atoms with Gasteiger partial charge in [-0.25, -0.2) is 12.9 Å². The van der Waals surface area contributed by atoms with E-state index >= 15 is 0 Å². The molecule has 0 spiro atoms. The molecule has 2 unspecified atom stereocenters. The number of nitrogens with zero attached hydrogens (tertiary/aromatic N) is 2. The Hall–Kier alpha value is -3.95. The molecule has 6 rings (SSSR count). The van der Waals surface area contributed by atoms with Crippen molar-refractivity contribution >= 4 is 39.2 Å². The third-order valence-electron chi connectivity index (χ3n) is 9.53. The monoisotopic (exact) mass is 642 g/mol. The van der Waals surface area contributed by atoms with Crippen molar-refractivity contribution in [3.8, 4) is 11.5 Å². The van der Waals surface area contributed by atoms with Crippen molar-refractivity contribution in [2.75, 3.05) is 30.8 Å². The Morgan fingerprint density at radius 1 is 1.00 bits per heavy atom. The van der Waals surface area contributed by atoms with Gasteiger partial charge in [-0.1, -0.05) is 13.0 Å². The number of aromatic nitrogens is 1. The van der Waals surface area contributed by atoms with Crippen LogP contribution in [0.15, 0.2) is 60.2 Å². The van der Waals surface area contributed by atoms with Gasteiger partial charge in [0, 0.05) is 48.1 Å². The molecule has 3 heterocycles. The molecule has 0 aliphatic carbocycles. The highest BCUT2D eigenvalue weighted by Crippen LogP contribution is 2.37. The predicted molar refractivity (Wildman–Crippen MR) is 186 cm³/mol. The van der Waals surface area contributed by atoms with Crippen LogP contribution in [-0.2, 0) is 11.0 Å². The second kappa shape index (κ2) is 13.0.